The molecule has 1 aliphatic carbocycles. The first-order valence-electron chi connectivity index (χ1n) is 6.39. The fourth-order valence-electron chi connectivity index (χ4n) is 2.23. The molecule has 8 heteroatoms. The van der Waals surface area contributed by atoms with Crippen molar-refractivity contribution in [3.63, 3.8) is 0 Å². The Kier molecular flexibility index (Phi) is 5.23. The highest BCUT2D eigenvalue weighted by Crippen LogP contribution is 2.34. The van der Waals surface area contributed by atoms with Gasteiger partial charge >= 0.3 is 0 Å². The molecule has 0 atom stereocenters. The van der Waals surface area contributed by atoms with E-state index in [0.717, 1.165) is 12.8 Å². The van der Waals surface area contributed by atoms with E-state index in [1.807, 2.05) is 0 Å². The Balaban J connectivity index is 2.30. The Labute approximate surface area is 142 Å². The van der Waals surface area contributed by atoms with Gasteiger partial charge in [0.2, 0.25) is 0 Å². The monoisotopic (exact) mass is 413 g/mol. The largest absolute Gasteiger partial charge is 0.341 e. The SMILES string of the molecule is CN(CC1CCC1)C(=O)c1cc(Cl)c(Br)c(S(=O)(=O)Cl)c1. The van der Waals surface area contributed by atoms with Gasteiger partial charge in [-0.2, -0.15) is 0 Å². The minimum absolute atomic E-state index is 0.136. The standard InChI is InChI=1S/C13H14BrCl2NO3S/c1-17(7-8-3-2-4-8)13(18)9-5-10(15)12(14)11(6-9)21(16,19)20/h5-6,8H,2-4,7H2,1H3. The van der Waals surface area contributed by atoms with Crippen molar-refractivity contribution in [1.29, 1.82) is 0 Å². The lowest BCUT2D eigenvalue weighted by atomic mass is 9.85. The molecule has 1 saturated carbocycles. The van der Waals surface area contributed by atoms with E-state index in [2.05, 4.69) is 15.9 Å². The summed E-state index contributed by atoms with van der Waals surface area (Å²) >= 11 is 9.05. The van der Waals surface area contributed by atoms with Crippen LogP contribution in [0.3, 0.4) is 0 Å². The van der Waals surface area contributed by atoms with Crippen LogP contribution in [-0.2, 0) is 9.05 Å². The van der Waals surface area contributed by atoms with Crippen LogP contribution in [0.15, 0.2) is 21.5 Å². The van der Waals surface area contributed by atoms with Crippen LogP contribution in [0.25, 0.3) is 0 Å². The molecule has 1 aromatic carbocycles. The predicted octanol–water partition coefficient (Wildman–Crippen LogP) is 3.90. The molecule has 0 N–H and O–H groups in total. The van der Waals surface area contributed by atoms with Gasteiger partial charge in [0.25, 0.3) is 15.0 Å². The zero-order chi connectivity index (χ0) is 15.8. The van der Waals surface area contributed by atoms with Gasteiger partial charge in [-0.15, -0.1) is 0 Å². The van der Waals surface area contributed by atoms with E-state index in [1.54, 1.807) is 11.9 Å². The zero-order valence-electron chi connectivity index (χ0n) is 11.3. The fourth-order valence-corrected chi connectivity index (χ4v) is 4.61. The predicted molar refractivity (Wildman–Crippen MR) is 86.5 cm³/mol. The van der Waals surface area contributed by atoms with Crippen LogP contribution >= 0.6 is 38.2 Å². The maximum absolute atomic E-state index is 12.4. The number of hydrogen-bond acceptors (Lipinski definition) is 3. The second kappa shape index (κ2) is 6.44. The van der Waals surface area contributed by atoms with Gasteiger partial charge < -0.3 is 4.90 Å². The summed E-state index contributed by atoms with van der Waals surface area (Å²) in [5.74, 6) is 0.263. The molecule has 0 heterocycles. The number of rotatable bonds is 4. The number of benzene rings is 1. The van der Waals surface area contributed by atoms with Crippen LogP contribution in [0.1, 0.15) is 29.6 Å². The minimum Gasteiger partial charge on any atom is -0.341 e. The summed E-state index contributed by atoms with van der Waals surface area (Å²) in [7, 11) is 3.08. The van der Waals surface area contributed by atoms with Gasteiger partial charge in [-0.05, 0) is 46.8 Å². The molecule has 0 unspecified atom stereocenters. The van der Waals surface area contributed by atoms with E-state index in [9.17, 15) is 13.2 Å². The second-order valence-electron chi connectivity index (χ2n) is 5.19. The van der Waals surface area contributed by atoms with Crippen molar-refractivity contribution in [3.8, 4) is 0 Å². The molecule has 21 heavy (non-hydrogen) atoms. The lowest BCUT2D eigenvalue weighted by Crippen LogP contribution is -2.34. The van der Waals surface area contributed by atoms with Gasteiger partial charge in [-0.3, -0.25) is 4.79 Å². The molecule has 116 valence electrons. The fraction of sp³-hybridized carbons (Fsp3) is 0.462. The number of amides is 1. The van der Waals surface area contributed by atoms with E-state index in [4.69, 9.17) is 22.3 Å². The summed E-state index contributed by atoms with van der Waals surface area (Å²) in [6.07, 6.45) is 3.45. The van der Waals surface area contributed by atoms with Crippen LogP contribution in [0.2, 0.25) is 5.02 Å². The quantitative estimate of drug-likeness (QED) is 0.702. The Hall–Kier alpha value is -0.300. The molecule has 0 aromatic heterocycles. The summed E-state index contributed by atoms with van der Waals surface area (Å²) in [6, 6.07) is 2.69. The van der Waals surface area contributed by atoms with Crippen LogP contribution in [0, 0.1) is 5.92 Å². The normalized spacial score (nSPS) is 15.6. The van der Waals surface area contributed by atoms with Crippen molar-refractivity contribution in [2.45, 2.75) is 24.2 Å². The summed E-state index contributed by atoms with van der Waals surface area (Å²) in [6.45, 7) is 0.662. The van der Waals surface area contributed by atoms with E-state index >= 15 is 0 Å². The summed E-state index contributed by atoms with van der Waals surface area (Å²) < 4.78 is 23.2. The molecule has 1 aromatic rings. The average molecular weight is 415 g/mol. The van der Waals surface area contributed by atoms with Crippen LogP contribution in [0.5, 0.6) is 0 Å². The smallest absolute Gasteiger partial charge is 0.262 e. The third-order valence-corrected chi connectivity index (χ3v) is 6.60. The van der Waals surface area contributed by atoms with E-state index in [-0.39, 0.29) is 25.9 Å². The molecular formula is C13H14BrCl2NO3S. The molecule has 1 amide bonds. The third-order valence-electron chi connectivity index (χ3n) is 3.61. The third kappa shape index (κ3) is 3.92. The highest BCUT2D eigenvalue weighted by molar-refractivity contribution is 9.10. The van der Waals surface area contributed by atoms with Crippen molar-refractivity contribution in [2.24, 2.45) is 5.92 Å². The number of carbonyl (C=O) groups is 1. The number of hydrogen-bond donors (Lipinski definition) is 0. The van der Waals surface area contributed by atoms with Crippen molar-refractivity contribution in [3.05, 3.63) is 27.2 Å². The summed E-state index contributed by atoms with van der Waals surface area (Å²) in [5.41, 5.74) is 0.212. The van der Waals surface area contributed by atoms with E-state index < -0.39 is 9.05 Å². The highest BCUT2D eigenvalue weighted by atomic mass is 79.9. The molecular weight excluding hydrogens is 401 g/mol. The van der Waals surface area contributed by atoms with Crippen molar-refractivity contribution < 1.29 is 13.2 Å². The number of carbonyl (C=O) groups excluding carboxylic acids is 1. The molecule has 0 bridgehead atoms. The lowest BCUT2D eigenvalue weighted by molar-refractivity contribution is 0.0745. The van der Waals surface area contributed by atoms with Gasteiger partial charge in [0.15, 0.2) is 0 Å². The van der Waals surface area contributed by atoms with E-state index in [0.29, 0.717) is 12.5 Å². The molecule has 4 nitrogen and oxygen atoms in total. The van der Waals surface area contributed by atoms with Crippen LogP contribution in [-0.4, -0.2) is 32.8 Å². The molecule has 1 fully saturated rings. The lowest BCUT2D eigenvalue weighted by Gasteiger charge is -2.30. The zero-order valence-corrected chi connectivity index (χ0v) is 15.2. The Morgan fingerprint density at radius 2 is 2.05 bits per heavy atom. The minimum atomic E-state index is -3.98. The van der Waals surface area contributed by atoms with Gasteiger partial charge in [-0.1, -0.05) is 18.0 Å². The highest BCUT2D eigenvalue weighted by Gasteiger charge is 2.25. The first kappa shape index (κ1) is 17.1. The van der Waals surface area contributed by atoms with Crippen LogP contribution < -0.4 is 0 Å². The molecule has 1 aliphatic rings. The molecule has 0 aliphatic heterocycles. The first-order chi connectivity index (χ1) is 9.70. The van der Waals surface area contributed by atoms with Crippen LogP contribution in [0.4, 0.5) is 0 Å². The first-order valence-corrected chi connectivity index (χ1v) is 9.87. The number of halogens is 3. The summed E-state index contributed by atoms with van der Waals surface area (Å²) in [4.78, 5) is 13.8. The average Bonchev–Trinajstić information content (AvgIpc) is 2.34. The van der Waals surface area contributed by atoms with E-state index in [1.165, 1.54) is 18.6 Å². The van der Waals surface area contributed by atoms with Gasteiger partial charge in [0.1, 0.15) is 0 Å². The molecule has 0 saturated heterocycles. The molecule has 0 radical (unpaired) electrons. The van der Waals surface area contributed by atoms with Crippen molar-refractivity contribution in [2.75, 3.05) is 13.6 Å². The summed E-state index contributed by atoms with van der Waals surface area (Å²) in [5, 5.41) is 0.136. The second-order valence-corrected chi connectivity index (χ2v) is 8.93. The topological polar surface area (TPSA) is 54.5 Å². The molecule has 0 spiro atoms. The maximum atomic E-state index is 12.4. The Morgan fingerprint density at radius 1 is 1.43 bits per heavy atom. The van der Waals surface area contributed by atoms with Crippen molar-refractivity contribution in [1.82, 2.24) is 4.90 Å². The van der Waals surface area contributed by atoms with Gasteiger partial charge in [0.05, 0.1) is 14.4 Å². The maximum Gasteiger partial charge on any atom is 0.262 e. The molecule has 2 rings (SSSR count). The van der Waals surface area contributed by atoms with Gasteiger partial charge in [0, 0.05) is 29.8 Å². The number of nitrogens with zero attached hydrogens (tertiary/aromatic N) is 1. The Bertz CT molecular complexity index is 674. The van der Waals surface area contributed by atoms with Crippen molar-refractivity contribution >= 4 is 53.2 Å². The van der Waals surface area contributed by atoms with Gasteiger partial charge in [-0.25, -0.2) is 8.42 Å². The Morgan fingerprint density at radius 3 is 2.52 bits per heavy atom.